The fourth-order valence-electron chi connectivity index (χ4n) is 3.40. The summed E-state index contributed by atoms with van der Waals surface area (Å²) in [7, 11) is 2.18. The van der Waals surface area contributed by atoms with Crippen molar-refractivity contribution in [1.82, 2.24) is 14.5 Å². The molecule has 3 nitrogen and oxygen atoms in total. The largest absolute Gasteiger partial charge is 0.328 e. The van der Waals surface area contributed by atoms with Crippen LogP contribution in [0.15, 0.2) is 48.5 Å². The smallest absolute Gasteiger partial charge is 0.111 e. The van der Waals surface area contributed by atoms with Gasteiger partial charge in [0.15, 0.2) is 0 Å². The van der Waals surface area contributed by atoms with E-state index in [0.29, 0.717) is 5.88 Å². The Morgan fingerprint density at radius 2 is 1.88 bits per heavy atom. The minimum atomic E-state index is 0.607. The SMILES string of the molecule is Cc1cccc2nc(CCCl)n(CCCN(C)Cc3ccccc3)c12. The Hall–Kier alpha value is -1.84. The van der Waals surface area contributed by atoms with E-state index in [1.165, 1.54) is 16.6 Å². The number of rotatable bonds is 8. The van der Waals surface area contributed by atoms with Gasteiger partial charge in [0.2, 0.25) is 0 Å². The molecule has 0 spiro atoms. The van der Waals surface area contributed by atoms with Gasteiger partial charge in [-0.05, 0) is 44.1 Å². The van der Waals surface area contributed by atoms with Crippen LogP contribution in [-0.2, 0) is 19.5 Å². The van der Waals surface area contributed by atoms with E-state index in [4.69, 9.17) is 16.6 Å². The van der Waals surface area contributed by atoms with Gasteiger partial charge in [-0.1, -0.05) is 42.5 Å². The molecule has 0 fully saturated rings. The van der Waals surface area contributed by atoms with Crippen molar-refractivity contribution >= 4 is 22.6 Å². The van der Waals surface area contributed by atoms with Crippen LogP contribution in [0.5, 0.6) is 0 Å². The molecule has 0 saturated carbocycles. The molecule has 0 aliphatic heterocycles. The van der Waals surface area contributed by atoms with E-state index in [-0.39, 0.29) is 0 Å². The van der Waals surface area contributed by atoms with E-state index >= 15 is 0 Å². The van der Waals surface area contributed by atoms with E-state index in [1.54, 1.807) is 0 Å². The highest BCUT2D eigenvalue weighted by molar-refractivity contribution is 6.17. The van der Waals surface area contributed by atoms with Crippen LogP contribution in [0.1, 0.15) is 23.4 Å². The van der Waals surface area contributed by atoms with Gasteiger partial charge in [-0.3, -0.25) is 0 Å². The van der Waals surface area contributed by atoms with Gasteiger partial charge in [-0.15, -0.1) is 11.6 Å². The number of hydrogen-bond donors (Lipinski definition) is 0. The Bertz CT molecular complexity index is 811. The number of benzene rings is 2. The van der Waals surface area contributed by atoms with Crippen LogP contribution >= 0.6 is 11.6 Å². The van der Waals surface area contributed by atoms with Gasteiger partial charge in [-0.2, -0.15) is 0 Å². The zero-order valence-electron chi connectivity index (χ0n) is 15.1. The molecule has 1 heterocycles. The van der Waals surface area contributed by atoms with Crippen LogP contribution in [0.2, 0.25) is 0 Å². The van der Waals surface area contributed by atoms with Gasteiger partial charge in [-0.25, -0.2) is 4.98 Å². The number of para-hydroxylation sites is 1. The minimum absolute atomic E-state index is 0.607. The molecule has 0 amide bonds. The predicted molar refractivity (Wildman–Crippen MR) is 106 cm³/mol. The van der Waals surface area contributed by atoms with Crippen LogP contribution in [0, 0.1) is 6.92 Å². The van der Waals surface area contributed by atoms with E-state index in [1.807, 2.05) is 0 Å². The first kappa shape index (κ1) is 18.0. The molecule has 3 aromatic rings. The molecule has 2 aromatic carbocycles. The fraction of sp³-hybridized carbons (Fsp3) is 0.381. The number of fused-ring (bicyclic) bond motifs is 1. The van der Waals surface area contributed by atoms with Crippen molar-refractivity contribution in [3.8, 4) is 0 Å². The summed E-state index contributed by atoms with van der Waals surface area (Å²) < 4.78 is 2.36. The number of nitrogens with zero attached hydrogens (tertiary/aromatic N) is 3. The second-order valence-electron chi connectivity index (χ2n) is 6.64. The van der Waals surface area contributed by atoms with Gasteiger partial charge in [0, 0.05) is 25.4 Å². The molecule has 0 unspecified atom stereocenters. The summed E-state index contributed by atoms with van der Waals surface area (Å²) in [5.74, 6) is 1.71. The number of aromatic nitrogens is 2. The molecule has 25 heavy (non-hydrogen) atoms. The minimum Gasteiger partial charge on any atom is -0.328 e. The first-order valence-electron chi connectivity index (χ1n) is 8.92. The van der Waals surface area contributed by atoms with Crippen molar-refractivity contribution in [3.05, 3.63) is 65.5 Å². The Morgan fingerprint density at radius 1 is 1.08 bits per heavy atom. The van der Waals surface area contributed by atoms with Gasteiger partial charge in [0.1, 0.15) is 5.82 Å². The molecule has 0 bridgehead atoms. The van der Waals surface area contributed by atoms with Crippen molar-refractivity contribution in [3.63, 3.8) is 0 Å². The highest BCUT2D eigenvalue weighted by atomic mass is 35.5. The third kappa shape index (κ3) is 4.42. The maximum absolute atomic E-state index is 5.99. The molecule has 0 atom stereocenters. The second-order valence-corrected chi connectivity index (χ2v) is 7.02. The van der Waals surface area contributed by atoms with Crippen LogP contribution in [0.3, 0.4) is 0 Å². The molecule has 3 rings (SSSR count). The molecule has 0 aliphatic rings. The molecule has 132 valence electrons. The summed E-state index contributed by atoms with van der Waals surface area (Å²) in [6.45, 7) is 5.18. The topological polar surface area (TPSA) is 21.1 Å². The third-order valence-corrected chi connectivity index (χ3v) is 4.77. The van der Waals surface area contributed by atoms with Crippen LogP contribution in [-0.4, -0.2) is 33.9 Å². The Kier molecular flexibility index (Phi) is 6.11. The average Bonchev–Trinajstić information content (AvgIpc) is 2.95. The predicted octanol–water partition coefficient (Wildman–Crippen LogP) is 4.65. The molecule has 0 N–H and O–H groups in total. The van der Waals surface area contributed by atoms with Crippen LogP contribution < -0.4 is 0 Å². The van der Waals surface area contributed by atoms with Crippen molar-refractivity contribution < 1.29 is 0 Å². The van der Waals surface area contributed by atoms with Gasteiger partial charge in [0.25, 0.3) is 0 Å². The second kappa shape index (κ2) is 8.50. The first-order chi connectivity index (χ1) is 12.2. The van der Waals surface area contributed by atoms with E-state index in [2.05, 4.69) is 72.0 Å². The highest BCUT2D eigenvalue weighted by Crippen LogP contribution is 2.21. The molecular formula is C21H26ClN3. The lowest BCUT2D eigenvalue weighted by Crippen LogP contribution is -2.20. The normalized spacial score (nSPS) is 11.5. The van der Waals surface area contributed by atoms with Crippen molar-refractivity contribution in [1.29, 1.82) is 0 Å². The summed E-state index contributed by atoms with van der Waals surface area (Å²) in [5, 5.41) is 0. The summed E-state index contributed by atoms with van der Waals surface area (Å²) in [6, 6.07) is 17.0. The maximum Gasteiger partial charge on any atom is 0.111 e. The van der Waals surface area contributed by atoms with Crippen molar-refractivity contribution in [2.75, 3.05) is 19.5 Å². The molecule has 4 heteroatoms. The van der Waals surface area contributed by atoms with Gasteiger partial charge >= 0.3 is 0 Å². The number of halogens is 1. The Morgan fingerprint density at radius 3 is 2.64 bits per heavy atom. The van der Waals surface area contributed by atoms with E-state index in [0.717, 1.165) is 43.8 Å². The summed E-state index contributed by atoms with van der Waals surface area (Å²) >= 11 is 5.99. The molecule has 0 radical (unpaired) electrons. The third-order valence-electron chi connectivity index (χ3n) is 4.58. The monoisotopic (exact) mass is 355 g/mol. The van der Waals surface area contributed by atoms with Crippen LogP contribution in [0.25, 0.3) is 11.0 Å². The van der Waals surface area contributed by atoms with Crippen molar-refractivity contribution in [2.24, 2.45) is 0 Å². The lowest BCUT2D eigenvalue weighted by atomic mass is 10.2. The number of hydrogen-bond acceptors (Lipinski definition) is 2. The fourth-order valence-corrected chi connectivity index (χ4v) is 3.57. The van der Waals surface area contributed by atoms with Gasteiger partial charge < -0.3 is 9.47 Å². The molecule has 0 aliphatic carbocycles. The highest BCUT2D eigenvalue weighted by Gasteiger charge is 2.12. The quantitative estimate of drug-likeness (QED) is 0.548. The lowest BCUT2D eigenvalue weighted by Gasteiger charge is -2.17. The Labute approximate surface area is 155 Å². The van der Waals surface area contributed by atoms with Crippen LogP contribution in [0.4, 0.5) is 0 Å². The average molecular weight is 356 g/mol. The van der Waals surface area contributed by atoms with Gasteiger partial charge in [0.05, 0.1) is 11.0 Å². The number of imidazole rings is 1. The Balaban J connectivity index is 1.67. The summed E-state index contributed by atoms with van der Waals surface area (Å²) in [5.41, 5.74) is 4.98. The van der Waals surface area contributed by atoms with E-state index < -0.39 is 0 Å². The summed E-state index contributed by atoms with van der Waals surface area (Å²) in [4.78, 5) is 7.17. The molecular weight excluding hydrogens is 330 g/mol. The maximum atomic E-state index is 5.99. The molecule has 0 saturated heterocycles. The molecule has 1 aromatic heterocycles. The standard InChI is InChI=1S/C21H26ClN3/c1-17-8-6-11-19-21(17)25(20(23-19)12-13-22)15-7-14-24(2)16-18-9-4-3-5-10-18/h3-6,8-11H,7,12-16H2,1-2H3. The summed E-state index contributed by atoms with van der Waals surface area (Å²) in [6.07, 6.45) is 1.91. The van der Waals surface area contributed by atoms with E-state index in [9.17, 15) is 0 Å². The number of alkyl halides is 1. The zero-order chi connectivity index (χ0) is 17.6. The lowest BCUT2D eigenvalue weighted by molar-refractivity contribution is 0.314. The number of aryl methyl sites for hydroxylation is 3. The first-order valence-corrected chi connectivity index (χ1v) is 9.45. The zero-order valence-corrected chi connectivity index (χ0v) is 15.8. The van der Waals surface area contributed by atoms with Crippen molar-refractivity contribution in [2.45, 2.75) is 32.9 Å².